The largest absolute Gasteiger partial charge is 0.374 e. The van der Waals surface area contributed by atoms with E-state index in [1.807, 2.05) is 27.7 Å². The highest BCUT2D eigenvalue weighted by Gasteiger charge is 2.28. The molecule has 86 valence electrons. The van der Waals surface area contributed by atoms with Crippen LogP contribution in [0.2, 0.25) is 0 Å². The minimum atomic E-state index is -0.261. The van der Waals surface area contributed by atoms with Gasteiger partial charge in [-0.1, -0.05) is 25.9 Å². The molecule has 1 aromatic heterocycles. The zero-order chi connectivity index (χ0) is 11.6. The normalized spacial score (nSPS) is 16.4. The highest BCUT2D eigenvalue weighted by Crippen LogP contribution is 2.29. The molecule has 1 rings (SSSR count). The third-order valence-corrected chi connectivity index (χ3v) is 2.37. The summed E-state index contributed by atoms with van der Waals surface area (Å²) in [6, 6.07) is -0.261. The number of methoxy groups -OCH3 is 1. The SMILES string of the molecule is COC(C)c1noc(C(N)C(C)(C)C)n1. The molecular formula is C10H19N3O2. The van der Waals surface area contributed by atoms with E-state index in [-0.39, 0.29) is 17.6 Å². The smallest absolute Gasteiger partial charge is 0.244 e. The molecule has 2 N–H and O–H groups in total. The molecule has 15 heavy (non-hydrogen) atoms. The van der Waals surface area contributed by atoms with Crippen LogP contribution in [0.4, 0.5) is 0 Å². The van der Waals surface area contributed by atoms with Gasteiger partial charge in [0.2, 0.25) is 5.89 Å². The minimum absolute atomic E-state index is 0.0971. The van der Waals surface area contributed by atoms with Gasteiger partial charge in [-0.15, -0.1) is 0 Å². The summed E-state index contributed by atoms with van der Waals surface area (Å²) < 4.78 is 10.2. The molecule has 0 aliphatic heterocycles. The van der Waals surface area contributed by atoms with Crippen LogP contribution in [0, 0.1) is 5.41 Å². The first kappa shape index (κ1) is 12.1. The molecule has 1 aromatic rings. The van der Waals surface area contributed by atoms with Crippen LogP contribution in [0.1, 0.15) is 51.6 Å². The number of rotatable bonds is 3. The minimum Gasteiger partial charge on any atom is -0.374 e. The lowest BCUT2D eigenvalue weighted by atomic mass is 9.87. The zero-order valence-electron chi connectivity index (χ0n) is 9.94. The van der Waals surface area contributed by atoms with Crippen molar-refractivity contribution in [2.24, 2.45) is 11.1 Å². The molecule has 0 saturated carbocycles. The van der Waals surface area contributed by atoms with E-state index in [1.54, 1.807) is 7.11 Å². The monoisotopic (exact) mass is 213 g/mol. The van der Waals surface area contributed by atoms with Gasteiger partial charge in [-0.3, -0.25) is 0 Å². The van der Waals surface area contributed by atoms with E-state index in [0.717, 1.165) is 0 Å². The summed E-state index contributed by atoms with van der Waals surface area (Å²) in [4.78, 5) is 4.22. The Hall–Kier alpha value is -0.940. The average molecular weight is 213 g/mol. The average Bonchev–Trinajstić information content (AvgIpc) is 2.62. The van der Waals surface area contributed by atoms with Crippen molar-refractivity contribution in [3.05, 3.63) is 11.7 Å². The number of hydrogen-bond donors (Lipinski definition) is 1. The fourth-order valence-corrected chi connectivity index (χ4v) is 1.01. The second-order valence-corrected chi connectivity index (χ2v) is 4.71. The van der Waals surface area contributed by atoms with Gasteiger partial charge >= 0.3 is 0 Å². The highest BCUT2D eigenvalue weighted by molar-refractivity contribution is 4.97. The standard InChI is InChI=1S/C10H19N3O2/c1-6(14-5)8-12-9(15-13-8)7(11)10(2,3)4/h6-7H,11H2,1-5H3. The zero-order valence-corrected chi connectivity index (χ0v) is 9.94. The van der Waals surface area contributed by atoms with Crippen molar-refractivity contribution in [3.8, 4) is 0 Å². The maximum atomic E-state index is 5.99. The molecule has 0 bridgehead atoms. The summed E-state index contributed by atoms with van der Waals surface area (Å²) in [6.45, 7) is 7.95. The van der Waals surface area contributed by atoms with Gasteiger partial charge in [-0.05, 0) is 12.3 Å². The van der Waals surface area contributed by atoms with Crippen molar-refractivity contribution in [3.63, 3.8) is 0 Å². The lowest BCUT2D eigenvalue weighted by Crippen LogP contribution is -2.26. The molecule has 2 atom stereocenters. The quantitative estimate of drug-likeness (QED) is 0.829. The van der Waals surface area contributed by atoms with Crippen LogP contribution in [-0.4, -0.2) is 17.3 Å². The molecular weight excluding hydrogens is 194 g/mol. The maximum Gasteiger partial charge on any atom is 0.244 e. The summed E-state index contributed by atoms with van der Waals surface area (Å²) >= 11 is 0. The van der Waals surface area contributed by atoms with Crippen LogP contribution in [0.15, 0.2) is 4.52 Å². The predicted octanol–water partition coefficient (Wildman–Crippen LogP) is 1.82. The van der Waals surface area contributed by atoms with Crippen LogP contribution in [0.25, 0.3) is 0 Å². The second kappa shape index (κ2) is 4.28. The van der Waals surface area contributed by atoms with E-state index >= 15 is 0 Å². The molecule has 5 nitrogen and oxygen atoms in total. The first-order valence-electron chi connectivity index (χ1n) is 4.98. The van der Waals surface area contributed by atoms with Crippen molar-refractivity contribution in [2.45, 2.75) is 39.8 Å². The molecule has 0 saturated heterocycles. The van der Waals surface area contributed by atoms with E-state index in [4.69, 9.17) is 15.0 Å². The molecule has 0 spiro atoms. The molecule has 2 unspecified atom stereocenters. The Bertz CT molecular complexity index is 317. The first-order valence-corrected chi connectivity index (χ1v) is 4.98. The molecule has 0 aliphatic carbocycles. The van der Waals surface area contributed by atoms with E-state index in [0.29, 0.717) is 11.7 Å². The fraction of sp³-hybridized carbons (Fsp3) is 0.800. The predicted molar refractivity (Wildman–Crippen MR) is 56.1 cm³/mol. The van der Waals surface area contributed by atoms with Crippen molar-refractivity contribution >= 4 is 0 Å². The molecule has 0 amide bonds. The molecule has 0 aromatic carbocycles. The fourth-order valence-electron chi connectivity index (χ4n) is 1.01. The Morgan fingerprint density at radius 3 is 2.47 bits per heavy atom. The third kappa shape index (κ3) is 2.76. The summed E-state index contributed by atoms with van der Waals surface area (Å²) in [6.07, 6.45) is -0.172. The molecule has 5 heteroatoms. The first-order chi connectivity index (χ1) is 6.86. The molecule has 0 radical (unpaired) electrons. The van der Waals surface area contributed by atoms with Gasteiger partial charge in [0.25, 0.3) is 0 Å². The molecule has 1 heterocycles. The van der Waals surface area contributed by atoms with Gasteiger partial charge in [0, 0.05) is 7.11 Å². The van der Waals surface area contributed by atoms with Gasteiger partial charge in [-0.2, -0.15) is 4.98 Å². The van der Waals surface area contributed by atoms with Crippen molar-refractivity contribution < 1.29 is 9.26 Å². The molecule has 0 aliphatic rings. The molecule has 0 fully saturated rings. The number of nitrogens with zero attached hydrogens (tertiary/aromatic N) is 2. The van der Waals surface area contributed by atoms with Gasteiger partial charge in [0.15, 0.2) is 5.82 Å². The van der Waals surface area contributed by atoms with Crippen molar-refractivity contribution in [2.75, 3.05) is 7.11 Å². The topological polar surface area (TPSA) is 74.2 Å². The van der Waals surface area contributed by atoms with Crippen LogP contribution >= 0.6 is 0 Å². The number of hydrogen-bond acceptors (Lipinski definition) is 5. The van der Waals surface area contributed by atoms with Crippen molar-refractivity contribution in [1.82, 2.24) is 10.1 Å². The van der Waals surface area contributed by atoms with Gasteiger partial charge in [-0.25, -0.2) is 0 Å². The Morgan fingerprint density at radius 1 is 1.40 bits per heavy atom. The van der Waals surface area contributed by atoms with Crippen molar-refractivity contribution in [1.29, 1.82) is 0 Å². The maximum absolute atomic E-state index is 5.99. The Balaban J connectivity index is 2.85. The van der Waals surface area contributed by atoms with Crippen LogP contribution in [-0.2, 0) is 4.74 Å². The van der Waals surface area contributed by atoms with E-state index < -0.39 is 0 Å². The summed E-state index contributed by atoms with van der Waals surface area (Å²) in [5.41, 5.74) is 5.89. The second-order valence-electron chi connectivity index (χ2n) is 4.71. The van der Waals surface area contributed by atoms with E-state index in [9.17, 15) is 0 Å². The Kier molecular flexibility index (Phi) is 3.46. The summed E-state index contributed by atoms with van der Waals surface area (Å²) in [5, 5.41) is 3.83. The van der Waals surface area contributed by atoms with Gasteiger partial charge in [0.1, 0.15) is 6.10 Å². The lowest BCUT2D eigenvalue weighted by molar-refractivity contribution is 0.109. The van der Waals surface area contributed by atoms with E-state index in [1.165, 1.54) is 0 Å². The van der Waals surface area contributed by atoms with E-state index in [2.05, 4.69) is 10.1 Å². The Labute approximate surface area is 90.0 Å². The van der Waals surface area contributed by atoms with Crippen LogP contribution in [0.3, 0.4) is 0 Å². The van der Waals surface area contributed by atoms with Crippen LogP contribution in [0.5, 0.6) is 0 Å². The van der Waals surface area contributed by atoms with Crippen LogP contribution < -0.4 is 5.73 Å². The lowest BCUT2D eigenvalue weighted by Gasteiger charge is -2.23. The van der Waals surface area contributed by atoms with Gasteiger partial charge in [0.05, 0.1) is 6.04 Å². The third-order valence-electron chi connectivity index (χ3n) is 2.37. The van der Waals surface area contributed by atoms with Gasteiger partial charge < -0.3 is 15.0 Å². The summed E-state index contributed by atoms with van der Waals surface area (Å²) in [5.74, 6) is 0.994. The highest BCUT2D eigenvalue weighted by atomic mass is 16.5. The number of aromatic nitrogens is 2. The summed E-state index contributed by atoms with van der Waals surface area (Å²) in [7, 11) is 1.60. The number of nitrogens with two attached hydrogens (primary N) is 1. The Morgan fingerprint density at radius 2 is 2.00 bits per heavy atom. The number of ether oxygens (including phenoxy) is 1.